The maximum absolute atomic E-state index is 12.6. The lowest BCUT2D eigenvalue weighted by Crippen LogP contribution is -2.38. The summed E-state index contributed by atoms with van der Waals surface area (Å²) in [5.74, 6) is 1.06. The summed E-state index contributed by atoms with van der Waals surface area (Å²) in [5.41, 5.74) is 4.67. The number of hydrogen-bond donors (Lipinski definition) is 2. The average molecular weight is 390 g/mol. The molecule has 150 valence electrons. The maximum Gasteiger partial charge on any atom is 0.227 e. The number of fused-ring (bicyclic) bond motifs is 1. The van der Waals surface area contributed by atoms with Gasteiger partial charge in [0.15, 0.2) is 5.78 Å². The van der Waals surface area contributed by atoms with Crippen LogP contribution in [-0.2, 0) is 11.3 Å². The SMILES string of the molecule is CC(=O)c1ccc(NC(=O)C2CCN(Cc3nc4ccc(C)cc4[nH]3)CC2)cc1. The molecule has 2 N–H and O–H groups in total. The molecule has 0 atom stereocenters. The maximum atomic E-state index is 12.6. The molecule has 29 heavy (non-hydrogen) atoms. The van der Waals surface area contributed by atoms with Gasteiger partial charge in [-0.2, -0.15) is 0 Å². The number of rotatable bonds is 5. The monoisotopic (exact) mass is 390 g/mol. The van der Waals surface area contributed by atoms with E-state index in [9.17, 15) is 9.59 Å². The van der Waals surface area contributed by atoms with Crippen LogP contribution in [0.4, 0.5) is 5.69 Å². The van der Waals surface area contributed by atoms with Gasteiger partial charge in [-0.15, -0.1) is 0 Å². The van der Waals surface area contributed by atoms with Gasteiger partial charge in [0.05, 0.1) is 17.6 Å². The van der Waals surface area contributed by atoms with Crippen molar-refractivity contribution in [2.24, 2.45) is 5.92 Å². The van der Waals surface area contributed by atoms with E-state index in [0.717, 1.165) is 55.0 Å². The van der Waals surface area contributed by atoms with Gasteiger partial charge in [0, 0.05) is 17.2 Å². The second kappa shape index (κ2) is 8.17. The van der Waals surface area contributed by atoms with E-state index in [1.165, 1.54) is 12.5 Å². The highest BCUT2D eigenvalue weighted by Crippen LogP contribution is 2.22. The van der Waals surface area contributed by atoms with Crippen molar-refractivity contribution in [3.05, 3.63) is 59.4 Å². The summed E-state index contributed by atoms with van der Waals surface area (Å²) < 4.78 is 0. The van der Waals surface area contributed by atoms with Crippen LogP contribution in [0.2, 0.25) is 0 Å². The molecule has 0 radical (unpaired) electrons. The Bertz CT molecular complexity index is 1030. The minimum atomic E-state index is 0.0112. The van der Waals surface area contributed by atoms with Gasteiger partial charge in [-0.25, -0.2) is 4.98 Å². The highest BCUT2D eigenvalue weighted by Gasteiger charge is 2.25. The Kier molecular flexibility index (Phi) is 5.45. The number of aromatic nitrogens is 2. The van der Waals surface area contributed by atoms with Gasteiger partial charge in [-0.1, -0.05) is 6.07 Å². The molecule has 1 amide bonds. The summed E-state index contributed by atoms with van der Waals surface area (Å²) in [4.78, 5) is 34.4. The van der Waals surface area contributed by atoms with Crippen LogP contribution in [0.25, 0.3) is 11.0 Å². The lowest BCUT2D eigenvalue weighted by atomic mass is 9.95. The van der Waals surface area contributed by atoms with Gasteiger partial charge in [-0.3, -0.25) is 14.5 Å². The zero-order valence-electron chi connectivity index (χ0n) is 16.9. The summed E-state index contributed by atoms with van der Waals surface area (Å²) >= 11 is 0. The Labute approximate surface area is 170 Å². The number of Topliss-reactive ketones (excluding diaryl/α,β-unsaturated/α-hetero) is 1. The van der Waals surface area contributed by atoms with E-state index in [2.05, 4.69) is 39.2 Å². The number of hydrogen-bond acceptors (Lipinski definition) is 4. The van der Waals surface area contributed by atoms with Gasteiger partial charge < -0.3 is 10.3 Å². The number of benzene rings is 2. The largest absolute Gasteiger partial charge is 0.341 e. The quantitative estimate of drug-likeness (QED) is 0.647. The first-order valence-electron chi connectivity index (χ1n) is 10.1. The number of imidazole rings is 1. The molecular weight excluding hydrogens is 364 g/mol. The first kappa shape index (κ1) is 19.3. The summed E-state index contributed by atoms with van der Waals surface area (Å²) in [7, 11) is 0. The number of aromatic amines is 1. The number of piperidine rings is 1. The van der Waals surface area contributed by atoms with E-state index in [0.29, 0.717) is 5.56 Å². The first-order valence-corrected chi connectivity index (χ1v) is 10.1. The van der Waals surface area contributed by atoms with Gasteiger partial charge in [0.1, 0.15) is 5.82 Å². The Morgan fingerprint density at radius 2 is 1.86 bits per heavy atom. The molecule has 0 aliphatic carbocycles. The highest BCUT2D eigenvalue weighted by atomic mass is 16.2. The molecular formula is C23H26N4O2. The number of carbonyl (C=O) groups is 2. The molecule has 0 unspecified atom stereocenters. The number of likely N-dealkylation sites (tertiary alicyclic amines) is 1. The van der Waals surface area contributed by atoms with Crippen LogP contribution in [0, 0.1) is 12.8 Å². The van der Waals surface area contributed by atoms with Gasteiger partial charge in [0.2, 0.25) is 5.91 Å². The molecule has 1 fully saturated rings. The molecule has 6 nitrogen and oxygen atoms in total. The van der Waals surface area contributed by atoms with Crippen molar-refractivity contribution in [1.29, 1.82) is 0 Å². The van der Waals surface area contributed by atoms with Gasteiger partial charge in [-0.05, 0) is 81.7 Å². The van der Waals surface area contributed by atoms with Crippen molar-refractivity contribution in [2.45, 2.75) is 33.2 Å². The third kappa shape index (κ3) is 4.54. The Morgan fingerprint density at radius 3 is 2.55 bits per heavy atom. The molecule has 6 heteroatoms. The predicted octanol–water partition coefficient (Wildman–Crippen LogP) is 3.92. The number of nitrogens with one attached hydrogen (secondary N) is 2. The average Bonchev–Trinajstić information content (AvgIpc) is 3.10. The molecule has 0 spiro atoms. The number of aryl methyl sites for hydroxylation is 1. The molecule has 3 aromatic rings. The third-order valence-corrected chi connectivity index (χ3v) is 5.58. The third-order valence-electron chi connectivity index (χ3n) is 5.58. The van der Waals surface area contributed by atoms with E-state index in [-0.39, 0.29) is 17.6 Å². The molecule has 0 saturated carbocycles. The predicted molar refractivity (Wildman–Crippen MR) is 114 cm³/mol. The van der Waals surface area contributed by atoms with Crippen LogP contribution in [-0.4, -0.2) is 39.6 Å². The van der Waals surface area contributed by atoms with Gasteiger partial charge >= 0.3 is 0 Å². The van der Waals surface area contributed by atoms with Gasteiger partial charge in [0.25, 0.3) is 0 Å². The second-order valence-corrected chi connectivity index (χ2v) is 7.88. The van der Waals surface area contributed by atoms with Crippen LogP contribution < -0.4 is 5.32 Å². The summed E-state index contributed by atoms with van der Waals surface area (Å²) in [5, 5.41) is 2.98. The van der Waals surface area contributed by atoms with E-state index >= 15 is 0 Å². The lowest BCUT2D eigenvalue weighted by molar-refractivity contribution is -0.121. The molecule has 2 heterocycles. The number of H-pyrrole nitrogens is 1. The number of nitrogens with zero attached hydrogens (tertiary/aromatic N) is 2. The van der Waals surface area contributed by atoms with Crippen LogP contribution in [0.1, 0.15) is 41.5 Å². The lowest BCUT2D eigenvalue weighted by Gasteiger charge is -2.30. The van der Waals surface area contributed by atoms with E-state index in [1.54, 1.807) is 24.3 Å². The Hall–Kier alpha value is -2.99. The van der Waals surface area contributed by atoms with Crippen molar-refractivity contribution < 1.29 is 9.59 Å². The normalized spacial score (nSPS) is 15.5. The molecule has 1 saturated heterocycles. The minimum Gasteiger partial charge on any atom is -0.341 e. The Morgan fingerprint density at radius 1 is 1.14 bits per heavy atom. The highest BCUT2D eigenvalue weighted by molar-refractivity contribution is 5.96. The number of anilines is 1. The van der Waals surface area contributed by atoms with E-state index < -0.39 is 0 Å². The van der Waals surface area contributed by atoms with E-state index in [1.807, 2.05) is 6.07 Å². The molecule has 1 aliphatic heterocycles. The summed E-state index contributed by atoms with van der Waals surface area (Å²) in [6.45, 7) is 6.13. The van der Waals surface area contributed by atoms with Crippen LogP contribution in [0.5, 0.6) is 0 Å². The van der Waals surface area contributed by atoms with Crippen molar-refractivity contribution >= 4 is 28.4 Å². The fraction of sp³-hybridized carbons (Fsp3) is 0.348. The second-order valence-electron chi connectivity index (χ2n) is 7.88. The molecule has 0 bridgehead atoms. The fourth-order valence-corrected chi connectivity index (χ4v) is 3.85. The molecule has 1 aliphatic rings. The fourth-order valence-electron chi connectivity index (χ4n) is 3.85. The minimum absolute atomic E-state index is 0.0112. The summed E-state index contributed by atoms with van der Waals surface area (Å²) in [6.07, 6.45) is 1.66. The smallest absolute Gasteiger partial charge is 0.227 e. The molecule has 1 aromatic heterocycles. The van der Waals surface area contributed by atoms with Crippen LogP contribution in [0.3, 0.4) is 0 Å². The topological polar surface area (TPSA) is 78.1 Å². The van der Waals surface area contributed by atoms with Crippen LogP contribution in [0.15, 0.2) is 42.5 Å². The van der Waals surface area contributed by atoms with Crippen LogP contribution >= 0.6 is 0 Å². The standard InChI is InChI=1S/C23H26N4O2/c1-15-3-8-20-21(13-15)26-22(25-20)14-27-11-9-18(10-12-27)23(29)24-19-6-4-17(5-7-19)16(2)28/h3-8,13,18H,9-12,14H2,1-2H3,(H,24,29)(H,25,26). The zero-order chi connectivity index (χ0) is 20.4. The number of ketones is 1. The first-order chi connectivity index (χ1) is 14.0. The van der Waals surface area contributed by atoms with Crippen molar-refractivity contribution in [3.8, 4) is 0 Å². The zero-order valence-corrected chi connectivity index (χ0v) is 16.9. The van der Waals surface area contributed by atoms with Crippen molar-refractivity contribution in [2.75, 3.05) is 18.4 Å². The van der Waals surface area contributed by atoms with Crippen molar-refractivity contribution in [3.63, 3.8) is 0 Å². The molecule has 4 rings (SSSR count). The number of amides is 1. The van der Waals surface area contributed by atoms with E-state index in [4.69, 9.17) is 0 Å². The Balaban J connectivity index is 1.30. The van der Waals surface area contributed by atoms with Crippen molar-refractivity contribution in [1.82, 2.24) is 14.9 Å². The molecule has 2 aromatic carbocycles. The number of carbonyl (C=O) groups excluding carboxylic acids is 2. The summed E-state index contributed by atoms with van der Waals surface area (Å²) in [6, 6.07) is 13.3.